The molecule has 0 aromatic heterocycles. The van der Waals surface area contributed by atoms with E-state index in [0.29, 0.717) is 0 Å². The number of hydrogen-bond acceptors (Lipinski definition) is 2. The second-order valence-electron chi connectivity index (χ2n) is 1.72. The van der Waals surface area contributed by atoms with Gasteiger partial charge in [0.15, 0.2) is 7.98 Å². The van der Waals surface area contributed by atoms with Crippen LogP contribution in [-0.4, -0.2) is 27.7 Å². The Hall–Kier alpha value is -0.0151. The fraction of sp³-hybridized carbons (Fsp3) is 1.00. The van der Waals surface area contributed by atoms with Crippen LogP contribution >= 0.6 is 0 Å². The van der Waals surface area contributed by atoms with E-state index in [0.717, 1.165) is 26.2 Å². The van der Waals surface area contributed by atoms with Crippen molar-refractivity contribution in [3.8, 4) is 0 Å². The molecular weight excluding hydrogens is 101 g/mol. The van der Waals surface area contributed by atoms with E-state index in [1.54, 1.807) is 0 Å². The Bertz CT molecular complexity index is 37.4. The van der Waals surface area contributed by atoms with Crippen molar-refractivity contribution in [2.24, 2.45) is 0 Å². The molecule has 0 atom stereocenters. The van der Waals surface area contributed by atoms with Gasteiger partial charge in [-0.1, -0.05) is 6.92 Å². The lowest BCUT2D eigenvalue weighted by molar-refractivity contribution is 0.140. The van der Waals surface area contributed by atoms with Crippen molar-refractivity contribution in [3.63, 3.8) is 0 Å². The standard InChI is InChI=1S/C5H14BNO/c1-2-4-8-5-3-7-6/h7H,2-6H2,1H3. The van der Waals surface area contributed by atoms with Gasteiger partial charge < -0.3 is 9.96 Å². The lowest BCUT2D eigenvalue weighted by Crippen LogP contribution is -2.15. The van der Waals surface area contributed by atoms with E-state index < -0.39 is 0 Å². The third kappa shape index (κ3) is 5.98. The van der Waals surface area contributed by atoms with Gasteiger partial charge in [0.05, 0.1) is 6.61 Å². The summed E-state index contributed by atoms with van der Waals surface area (Å²) in [6.07, 6.45) is 1.11. The van der Waals surface area contributed by atoms with Gasteiger partial charge in [-0.2, -0.15) is 0 Å². The van der Waals surface area contributed by atoms with Gasteiger partial charge >= 0.3 is 0 Å². The largest absolute Gasteiger partial charge is 0.380 e. The third-order valence-electron chi connectivity index (χ3n) is 0.845. The van der Waals surface area contributed by atoms with Gasteiger partial charge in [-0.15, -0.1) is 0 Å². The Labute approximate surface area is 52.0 Å². The molecule has 0 bridgehead atoms. The average Bonchev–Trinajstić information content (AvgIpc) is 1.81. The smallest absolute Gasteiger partial charge is 0.182 e. The highest BCUT2D eigenvalue weighted by molar-refractivity contribution is 6.04. The molecule has 8 heavy (non-hydrogen) atoms. The summed E-state index contributed by atoms with van der Waals surface area (Å²) < 4.78 is 5.16. The van der Waals surface area contributed by atoms with E-state index in [1.807, 2.05) is 7.98 Å². The molecule has 0 spiro atoms. The molecule has 0 aromatic carbocycles. The molecule has 1 N–H and O–H groups in total. The van der Waals surface area contributed by atoms with Gasteiger partial charge in [-0.25, -0.2) is 0 Å². The van der Waals surface area contributed by atoms with Crippen molar-refractivity contribution in [2.45, 2.75) is 13.3 Å². The number of rotatable bonds is 5. The first-order chi connectivity index (χ1) is 3.91. The zero-order chi connectivity index (χ0) is 6.24. The minimum absolute atomic E-state index is 0.838. The summed E-state index contributed by atoms with van der Waals surface area (Å²) in [6.45, 7) is 4.80. The van der Waals surface area contributed by atoms with Crippen molar-refractivity contribution < 1.29 is 4.74 Å². The van der Waals surface area contributed by atoms with Gasteiger partial charge in [0.25, 0.3) is 0 Å². The molecule has 0 amide bonds. The van der Waals surface area contributed by atoms with Crippen LogP contribution in [0.4, 0.5) is 0 Å². The molecule has 0 aliphatic heterocycles. The first-order valence-electron chi connectivity index (χ1n) is 3.14. The molecule has 0 aliphatic rings. The molecule has 0 rings (SSSR count). The van der Waals surface area contributed by atoms with Crippen LogP contribution in [-0.2, 0) is 4.74 Å². The van der Waals surface area contributed by atoms with Crippen LogP contribution in [0.25, 0.3) is 0 Å². The molecule has 0 unspecified atom stereocenters. The van der Waals surface area contributed by atoms with E-state index in [2.05, 4.69) is 12.2 Å². The van der Waals surface area contributed by atoms with E-state index in [1.165, 1.54) is 0 Å². The van der Waals surface area contributed by atoms with Gasteiger partial charge in [0.1, 0.15) is 0 Å². The van der Waals surface area contributed by atoms with Gasteiger partial charge in [-0.3, -0.25) is 0 Å². The first-order valence-corrected chi connectivity index (χ1v) is 3.14. The van der Waals surface area contributed by atoms with E-state index in [4.69, 9.17) is 4.74 Å². The van der Waals surface area contributed by atoms with Crippen LogP contribution in [0, 0.1) is 0 Å². The summed E-state index contributed by atoms with van der Waals surface area (Å²) in [7, 11) is 1.93. The van der Waals surface area contributed by atoms with Crippen LogP contribution in [0.2, 0.25) is 0 Å². The molecule has 0 aromatic rings. The topological polar surface area (TPSA) is 21.3 Å². The van der Waals surface area contributed by atoms with Crippen LogP contribution in [0.5, 0.6) is 0 Å². The molecule has 0 saturated heterocycles. The molecule has 0 radical (unpaired) electrons. The van der Waals surface area contributed by atoms with E-state index in [-0.39, 0.29) is 0 Å². The normalized spacial score (nSPS) is 9.62. The molecular formula is C5H14BNO. The third-order valence-corrected chi connectivity index (χ3v) is 0.845. The van der Waals surface area contributed by atoms with Crippen molar-refractivity contribution >= 4 is 7.98 Å². The minimum Gasteiger partial charge on any atom is -0.380 e. The van der Waals surface area contributed by atoms with Gasteiger partial charge in [0, 0.05) is 13.2 Å². The quantitative estimate of drug-likeness (QED) is 0.387. The predicted molar refractivity (Wildman–Crippen MR) is 37.7 cm³/mol. The summed E-state index contributed by atoms with van der Waals surface area (Å²) >= 11 is 0. The molecule has 0 saturated carbocycles. The number of hydrogen-bond donors (Lipinski definition) is 1. The fourth-order valence-electron chi connectivity index (χ4n) is 0.421. The van der Waals surface area contributed by atoms with Crippen LogP contribution in [0.15, 0.2) is 0 Å². The highest BCUT2D eigenvalue weighted by atomic mass is 16.5. The molecule has 2 nitrogen and oxygen atoms in total. The Kier molecular flexibility index (Phi) is 6.97. The molecule has 0 heterocycles. The van der Waals surface area contributed by atoms with Crippen molar-refractivity contribution in [2.75, 3.05) is 19.8 Å². The SMILES string of the molecule is BNCCOCCC. The summed E-state index contributed by atoms with van der Waals surface area (Å²) in [5, 5.41) is 3.00. The zero-order valence-corrected chi connectivity index (χ0v) is 5.74. The van der Waals surface area contributed by atoms with Crippen LogP contribution in [0.3, 0.4) is 0 Å². The maximum absolute atomic E-state index is 5.16. The molecule has 48 valence electrons. The summed E-state index contributed by atoms with van der Waals surface area (Å²) in [6, 6.07) is 0. The van der Waals surface area contributed by atoms with E-state index in [9.17, 15) is 0 Å². The monoisotopic (exact) mass is 115 g/mol. The Balaban J connectivity index is 2.53. The second-order valence-corrected chi connectivity index (χ2v) is 1.72. The Morgan fingerprint density at radius 2 is 2.25 bits per heavy atom. The summed E-state index contributed by atoms with van der Waals surface area (Å²) in [4.78, 5) is 0. The van der Waals surface area contributed by atoms with Crippen LogP contribution < -0.4 is 5.23 Å². The van der Waals surface area contributed by atoms with Crippen LogP contribution in [0.1, 0.15) is 13.3 Å². The summed E-state index contributed by atoms with van der Waals surface area (Å²) in [5.74, 6) is 0. The van der Waals surface area contributed by atoms with Crippen molar-refractivity contribution in [3.05, 3.63) is 0 Å². The molecule has 0 aliphatic carbocycles. The second kappa shape index (κ2) is 6.98. The highest BCUT2D eigenvalue weighted by Gasteiger charge is 1.80. The Morgan fingerprint density at radius 1 is 1.50 bits per heavy atom. The minimum atomic E-state index is 0.838. The number of nitrogens with one attached hydrogen (secondary N) is 1. The molecule has 3 heteroatoms. The lowest BCUT2D eigenvalue weighted by atomic mass is 10.4. The van der Waals surface area contributed by atoms with E-state index >= 15 is 0 Å². The molecule has 0 fully saturated rings. The van der Waals surface area contributed by atoms with Gasteiger partial charge in [-0.05, 0) is 6.42 Å². The maximum atomic E-state index is 5.16. The first kappa shape index (κ1) is 7.98. The van der Waals surface area contributed by atoms with Gasteiger partial charge in [0.2, 0.25) is 0 Å². The average molecular weight is 115 g/mol. The maximum Gasteiger partial charge on any atom is 0.182 e. The zero-order valence-electron chi connectivity index (χ0n) is 5.74. The van der Waals surface area contributed by atoms with Crippen molar-refractivity contribution in [1.29, 1.82) is 0 Å². The summed E-state index contributed by atoms with van der Waals surface area (Å²) in [5.41, 5.74) is 0. The fourth-order valence-corrected chi connectivity index (χ4v) is 0.421. The predicted octanol–water partition coefficient (Wildman–Crippen LogP) is -0.449. The Morgan fingerprint density at radius 3 is 2.75 bits per heavy atom. The highest BCUT2D eigenvalue weighted by Crippen LogP contribution is 1.76. The number of ether oxygens (including phenoxy) is 1. The lowest BCUT2D eigenvalue weighted by Gasteiger charge is -1.99. The van der Waals surface area contributed by atoms with Crippen molar-refractivity contribution in [1.82, 2.24) is 5.23 Å².